The number of benzene rings is 1. The van der Waals surface area contributed by atoms with Gasteiger partial charge in [-0.15, -0.1) is 0 Å². The van der Waals surface area contributed by atoms with Crippen molar-refractivity contribution >= 4 is 41.1 Å². The number of hydrogen-bond acceptors (Lipinski definition) is 7. The molecule has 2 heterocycles. The van der Waals surface area contributed by atoms with E-state index in [0.29, 0.717) is 10.7 Å². The quantitative estimate of drug-likeness (QED) is 0.685. The van der Waals surface area contributed by atoms with Gasteiger partial charge in [0.1, 0.15) is 11.4 Å². The Labute approximate surface area is 160 Å². The summed E-state index contributed by atoms with van der Waals surface area (Å²) in [7, 11) is 0. The molecule has 2 amide bonds. The molecular weight excluding hydrogens is 372 g/mol. The number of halogens is 1. The number of nitrogens with one attached hydrogen (secondary N) is 2. The number of nitrogens with two attached hydrogens (primary N) is 1. The van der Waals surface area contributed by atoms with Gasteiger partial charge in [0.15, 0.2) is 0 Å². The van der Waals surface area contributed by atoms with Crippen LogP contribution in [0.3, 0.4) is 0 Å². The van der Waals surface area contributed by atoms with E-state index in [-0.39, 0.29) is 35.4 Å². The van der Waals surface area contributed by atoms with E-state index in [1.165, 1.54) is 11.1 Å². The van der Waals surface area contributed by atoms with Crippen LogP contribution in [0.2, 0.25) is 5.02 Å². The molecular formula is C17H19ClN6O3. The molecule has 3 rings (SSSR count). The van der Waals surface area contributed by atoms with Crippen molar-refractivity contribution in [3.63, 3.8) is 0 Å². The average Bonchev–Trinajstić information content (AvgIpc) is 2.87. The molecule has 1 aromatic heterocycles. The highest BCUT2D eigenvalue weighted by atomic mass is 35.5. The van der Waals surface area contributed by atoms with Gasteiger partial charge in [-0.1, -0.05) is 17.7 Å². The number of hydrogen-bond donors (Lipinski definition) is 3. The lowest BCUT2D eigenvalue weighted by molar-refractivity contribution is 0.0597. The predicted molar refractivity (Wildman–Crippen MR) is 102 cm³/mol. The monoisotopic (exact) mass is 390 g/mol. The van der Waals surface area contributed by atoms with Gasteiger partial charge in [0, 0.05) is 17.3 Å². The van der Waals surface area contributed by atoms with E-state index in [2.05, 4.69) is 20.8 Å². The van der Waals surface area contributed by atoms with Crippen molar-refractivity contribution < 1.29 is 14.4 Å². The van der Waals surface area contributed by atoms with Gasteiger partial charge in [-0.25, -0.2) is 20.1 Å². The van der Waals surface area contributed by atoms with E-state index in [9.17, 15) is 9.59 Å². The molecule has 0 bridgehead atoms. The number of rotatable bonds is 4. The van der Waals surface area contributed by atoms with Gasteiger partial charge in [0.25, 0.3) is 0 Å². The number of carbonyl (C=O) groups excluding carboxylic acids is 2. The minimum Gasteiger partial charge on any atom is -0.383 e. The number of aryl methyl sites for hydroxylation is 1. The van der Waals surface area contributed by atoms with E-state index in [1.54, 1.807) is 18.2 Å². The van der Waals surface area contributed by atoms with Crippen LogP contribution in [0.5, 0.6) is 0 Å². The largest absolute Gasteiger partial charge is 0.383 e. The third kappa shape index (κ3) is 3.72. The fourth-order valence-corrected chi connectivity index (χ4v) is 2.72. The van der Waals surface area contributed by atoms with Gasteiger partial charge in [0.05, 0.1) is 11.7 Å². The summed E-state index contributed by atoms with van der Waals surface area (Å²) in [4.78, 5) is 38.8. The van der Waals surface area contributed by atoms with Gasteiger partial charge in [-0.3, -0.25) is 4.90 Å². The maximum absolute atomic E-state index is 12.2. The second-order valence-corrected chi connectivity index (χ2v) is 6.68. The summed E-state index contributed by atoms with van der Waals surface area (Å²) in [6.07, 6.45) is 1.23. The summed E-state index contributed by atoms with van der Waals surface area (Å²) < 4.78 is 0. The summed E-state index contributed by atoms with van der Waals surface area (Å²) in [5, 5.41) is 3.31. The number of anilines is 3. The third-order valence-corrected chi connectivity index (χ3v) is 4.78. The first kappa shape index (κ1) is 18.7. The number of aromatic nitrogens is 2. The maximum Gasteiger partial charge on any atom is 0.368 e. The number of urea groups is 1. The smallest absolute Gasteiger partial charge is 0.368 e. The first-order valence-electron chi connectivity index (χ1n) is 8.23. The van der Waals surface area contributed by atoms with Crippen molar-refractivity contribution in [2.45, 2.75) is 32.9 Å². The lowest BCUT2D eigenvalue weighted by Crippen LogP contribution is -2.35. The molecule has 1 aliphatic heterocycles. The molecule has 1 aliphatic rings. The second-order valence-electron chi connectivity index (χ2n) is 6.27. The van der Waals surface area contributed by atoms with Crippen LogP contribution in [-0.4, -0.2) is 34.1 Å². The molecule has 0 saturated carbocycles. The van der Waals surface area contributed by atoms with Crippen LogP contribution < -0.4 is 21.4 Å². The maximum atomic E-state index is 12.2. The first-order chi connectivity index (χ1) is 12.8. The minimum atomic E-state index is -0.761. The van der Waals surface area contributed by atoms with E-state index in [0.717, 1.165) is 5.56 Å². The summed E-state index contributed by atoms with van der Waals surface area (Å²) >= 11 is 6.03. The fourth-order valence-electron chi connectivity index (χ4n) is 2.54. The van der Waals surface area contributed by atoms with Gasteiger partial charge in [0.2, 0.25) is 5.95 Å². The van der Waals surface area contributed by atoms with E-state index in [1.807, 2.05) is 20.8 Å². The molecule has 10 heteroatoms. The van der Waals surface area contributed by atoms with Crippen LogP contribution in [0.25, 0.3) is 0 Å². The van der Waals surface area contributed by atoms with Crippen LogP contribution in [-0.2, 0) is 4.84 Å². The number of nitrogen functional groups attached to an aromatic ring is 1. The Morgan fingerprint density at radius 1 is 1.41 bits per heavy atom. The molecule has 0 aliphatic carbocycles. The zero-order valence-corrected chi connectivity index (χ0v) is 15.7. The van der Waals surface area contributed by atoms with Crippen LogP contribution in [0.1, 0.15) is 29.8 Å². The van der Waals surface area contributed by atoms with Crippen LogP contribution in [0.15, 0.2) is 24.4 Å². The molecule has 2 aromatic rings. The zero-order chi connectivity index (χ0) is 19.7. The molecule has 2 unspecified atom stereocenters. The Balaban J connectivity index is 1.72. The number of amides is 2. The van der Waals surface area contributed by atoms with Crippen molar-refractivity contribution in [1.29, 1.82) is 0 Å². The van der Waals surface area contributed by atoms with Crippen molar-refractivity contribution in [3.8, 4) is 0 Å². The van der Waals surface area contributed by atoms with Gasteiger partial charge >= 0.3 is 12.0 Å². The third-order valence-electron chi connectivity index (χ3n) is 4.38. The van der Waals surface area contributed by atoms with Crippen LogP contribution >= 0.6 is 11.6 Å². The van der Waals surface area contributed by atoms with Crippen molar-refractivity contribution in [2.24, 2.45) is 0 Å². The van der Waals surface area contributed by atoms with Crippen molar-refractivity contribution in [1.82, 2.24) is 15.3 Å². The van der Waals surface area contributed by atoms with Gasteiger partial charge < -0.3 is 15.9 Å². The van der Waals surface area contributed by atoms with E-state index < -0.39 is 5.97 Å². The molecule has 2 atom stereocenters. The van der Waals surface area contributed by atoms with Crippen LogP contribution in [0.4, 0.5) is 22.2 Å². The minimum absolute atomic E-state index is 0.0234. The molecule has 4 N–H and O–H groups in total. The van der Waals surface area contributed by atoms with Crippen molar-refractivity contribution in [2.75, 3.05) is 16.1 Å². The molecule has 9 nitrogen and oxygen atoms in total. The van der Waals surface area contributed by atoms with E-state index in [4.69, 9.17) is 22.2 Å². The summed E-state index contributed by atoms with van der Waals surface area (Å²) in [6.45, 7) is 5.60. The molecule has 0 spiro atoms. The van der Waals surface area contributed by atoms with Crippen LogP contribution in [0, 0.1) is 6.92 Å². The SMILES string of the molecule is Cc1ccc(NOC(=O)c2cnc(N3C(=O)NC(C)C3C)nc2N)cc1Cl. The Morgan fingerprint density at radius 3 is 2.74 bits per heavy atom. The standard InChI is InChI=1S/C17H19ClN6O3/c1-8-4-5-11(6-13(8)18)23-27-15(25)12-7-20-16(22-14(12)19)24-10(3)9(2)21-17(24)26/h4-7,9-10,23H,1-3H3,(H,21,26)(H2,19,20,22). The van der Waals surface area contributed by atoms with Crippen molar-refractivity contribution in [3.05, 3.63) is 40.5 Å². The molecule has 0 radical (unpaired) electrons. The Kier molecular flexibility index (Phi) is 5.04. The van der Waals surface area contributed by atoms with Gasteiger partial charge in [-0.05, 0) is 38.5 Å². The van der Waals surface area contributed by atoms with Gasteiger partial charge in [-0.2, -0.15) is 4.98 Å². The molecule has 1 aromatic carbocycles. The topological polar surface area (TPSA) is 122 Å². The second kappa shape index (κ2) is 7.28. The molecule has 1 saturated heterocycles. The Hall–Kier alpha value is -3.07. The first-order valence-corrected chi connectivity index (χ1v) is 8.61. The van der Waals surface area contributed by atoms with E-state index >= 15 is 0 Å². The summed E-state index contributed by atoms with van der Waals surface area (Å²) in [5.74, 6) is -0.729. The Bertz CT molecular complexity index is 906. The summed E-state index contributed by atoms with van der Waals surface area (Å²) in [6, 6.07) is 4.60. The highest BCUT2D eigenvalue weighted by Gasteiger charge is 2.36. The lowest BCUT2D eigenvalue weighted by Gasteiger charge is -2.19. The molecule has 27 heavy (non-hydrogen) atoms. The molecule has 142 valence electrons. The molecule has 1 fully saturated rings. The number of carbonyl (C=O) groups is 2. The predicted octanol–water partition coefficient (Wildman–Crippen LogP) is 2.51. The Morgan fingerprint density at radius 2 is 2.15 bits per heavy atom. The fraction of sp³-hybridized carbons (Fsp3) is 0.294. The highest BCUT2D eigenvalue weighted by molar-refractivity contribution is 6.31. The zero-order valence-electron chi connectivity index (χ0n) is 15.0. The summed E-state index contributed by atoms with van der Waals surface area (Å²) in [5.41, 5.74) is 9.76. The number of nitrogens with zero attached hydrogens (tertiary/aromatic N) is 3. The normalized spacial score (nSPS) is 19.0. The lowest BCUT2D eigenvalue weighted by atomic mass is 10.2. The highest BCUT2D eigenvalue weighted by Crippen LogP contribution is 2.23. The average molecular weight is 391 g/mol.